The second-order valence-corrected chi connectivity index (χ2v) is 8.50. The molecule has 0 aliphatic rings. The first-order valence-electron chi connectivity index (χ1n) is 6.32. The van der Waals surface area contributed by atoms with Crippen LogP contribution in [0, 0.1) is 0 Å². The van der Waals surface area contributed by atoms with Gasteiger partial charge < -0.3 is 10.8 Å². The molecule has 3 N–H and O–H groups in total. The highest BCUT2D eigenvalue weighted by molar-refractivity contribution is 7.92. The molecule has 0 saturated heterocycles. The van der Waals surface area contributed by atoms with Gasteiger partial charge >= 0.3 is 0 Å². The molecule has 0 heterocycles. The molecule has 108 valence electrons. The fourth-order valence-corrected chi connectivity index (χ4v) is 2.92. The number of phenols is 1. The van der Waals surface area contributed by atoms with E-state index < -0.39 is 15.1 Å². The van der Waals surface area contributed by atoms with E-state index in [0.717, 1.165) is 5.56 Å². The Morgan fingerprint density at radius 2 is 1.79 bits per heavy atom. The summed E-state index contributed by atoms with van der Waals surface area (Å²) in [5.74, 6) is -0.218. The van der Waals surface area contributed by atoms with Crippen LogP contribution in [0.4, 0.5) is 0 Å². The molecular weight excluding hydrogens is 262 g/mol. The van der Waals surface area contributed by atoms with Crippen molar-refractivity contribution >= 4 is 9.84 Å². The Labute approximate surface area is 115 Å². The average molecular weight is 285 g/mol. The SMILES string of the molecule is CC(C)S(=O)(=O)c1cc(C(C)(C)C)cc(CN)c1O. The van der Waals surface area contributed by atoms with Gasteiger partial charge in [-0.3, -0.25) is 0 Å². The van der Waals surface area contributed by atoms with Crippen molar-refractivity contribution in [3.63, 3.8) is 0 Å². The summed E-state index contributed by atoms with van der Waals surface area (Å²) >= 11 is 0. The quantitative estimate of drug-likeness (QED) is 0.893. The highest BCUT2D eigenvalue weighted by Gasteiger charge is 2.27. The molecule has 19 heavy (non-hydrogen) atoms. The lowest BCUT2D eigenvalue weighted by Gasteiger charge is -2.22. The third-order valence-electron chi connectivity index (χ3n) is 3.17. The van der Waals surface area contributed by atoms with Crippen LogP contribution in [0.25, 0.3) is 0 Å². The normalized spacial score (nSPS) is 13.0. The van der Waals surface area contributed by atoms with Crippen LogP contribution in [-0.2, 0) is 21.8 Å². The van der Waals surface area contributed by atoms with Crippen LogP contribution in [0.15, 0.2) is 17.0 Å². The zero-order chi connectivity index (χ0) is 15.0. The predicted molar refractivity (Wildman–Crippen MR) is 77.0 cm³/mol. The van der Waals surface area contributed by atoms with Crippen molar-refractivity contribution in [3.05, 3.63) is 23.3 Å². The van der Waals surface area contributed by atoms with Gasteiger partial charge in [-0.2, -0.15) is 0 Å². The maximum Gasteiger partial charge on any atom is 0.184 e. The Bertz CT molecular complexity index is 569. The van der Waals surface area contributed by atoms with Crippen molar-refractivity contribution < 1.29 is 13.5 Å². The summed E-state index contributed by atoms with van der Waals surface area (Å²) in [6, 6.07) is 3.33. The first-order valence-corrected chi connectivity index (χ1v) is 7.86. The summed E-state index contributed by atoms with van der Waals surface area (Å²) in [5, 5.41) is 9.52. The predicted octanol–water partition coefficient (Wildman–Crippen LogP) is 2.33. The van der Waals surface area contributed by atoms with E-state index in [9.17, 15) is 13.5 Å². The van der Waals surface area contributed by atoms with Gasteiger partial charge in [0.15, 0.2) is 9.84 Å². The minimum Gasteiger partial charge on any atom is -0.506 e. The molecule has 0 radical (unpaired) electrons. The van der Waals surface area contributed by atoms with Crippen molar-refractivity contribution in [1.82, 2.24) is 0 Å². The zero-order valence-electron chi connectivity index (χ0n) is 12.2. The molecule has 1 aromatic carbocycles. The first kappa shape index (κ1) is 16.0. The van der Waals surface area contributed by atoms with E-state index in [-0.39, 0.29) is 22.6 Å². The van der Waals surface area contributed by atoms with E-state index in [2.05, 4.69) is 0 Å². The Morgan fingerprint density at radius 1 is 1.26 bits per heavy atom. The van der Waals surface area contributed by atoms with Gasteiger partial charge in [-0.1, -0.05) is 26.8 Å². The van der Waals surface area contributed by atoms with Gasteiger partial charge in [0, 0.05) is 12.1 Å². The van der Waals surface area contributed by atoms with E-state index in [0.29, 0.717) is 5.56 Å². The van der Waals surface area contributed by atoms with Crippen molar-refractivity contribution in [2.75, 3.05) is 0 Å². The second kappa shape index (κ2) is 5.13. The molecule has 0 saturated carbocycles. The van der Waals surface area contributed by atoms with Crippen LogP contribution in [0.2, 0.25) is 0 Å². The molecule has 0 atom stereocenters. The number of rotatable bonds is 3. The lowest BCUT2D eigenvalue weighted by molar-refractivity contribution is 0.449. The lowest BCUT2D eigenvalue weighted by Crippen LogP contribution is -2.18. The van der Waals surface area contributed by atoms with Crippen molar-refractivity contribution in [2.45, 2.75) is 56.7 Å². The number of phenolic OH excluding ortho intramolecular Hbond substituents is 1. The van der Waals surface area contributed by atoms with Gasteiger partial charge in [-0.25, -0.2) is 8.42 Å². The number of nitrogens with two attached hydrogens (primary N) is 1. The van der Waals surface area contributed by atoms with Crippen molar-refractivity contribution in [2.24, 2.45) is 5.73 Å². The molecule has 0 bridgehead atoms. The van der Waals surface area contributed by atoms with E-state index in [1.807, 2.05) is 20.8 Å². The third-order valence-corrected chi connectivity index (χ3v) is 5.33. The molecule has 0 fully saturated rings. The largest absolute Gasteiger partial charge is 0.506 e. The van der Waals surface area contributed by atoms with Gasteiger partial charge in [0.2, 0.25) is 0 Å². The number of sulfone groups is 1. The Kier molecular flexibility index (Phi) is 4.32. The van der Waals surface area contributed by atoms with E-state index in [4.69, 9.17) is 5.73 Å². The zero-order valence-corrected chi connectivity index (χ0v) is 13.0. The smallest absolute Gasteiger partial charge is 0.184 e. The summed E-state index contributed by atoms with van der Waals surface area (Å²) < 4.78 is 24.6. The van der Waals surface area contributed by atoms with Crippen LogP contribution in [-0.4, -0.2) is 18.8 Å². The number of aromatic hydroxyl groups is 1. The van der Waals surface area contributed by atoms with Crippen molar-refractivity contribution in [3.8, 4) is 5.75 Å². The molecular formula is C14H23NO3S. The molecule has 1 aromatic rings. The summed E-state index contributed by atoms with van der Waals surface area (Å²) in [6.07, 6.45) is 0. The summed E-state index contributed by atoms with van der Waals surface area (Å²) in [6.45, 7) is 9.28. The van der Waals surface area contributed by atoms with Crippen LogP contribution >= 0.6 is 0 Å². The van der Waals surface area contributed by atoms with Crippen LogP contribution in [0.5, 0.6) is 5.75 Å². The molecule has 0 amide bonds. The summed E-state index contributed by atoms with van der Waals surface area (Å²) in [5.41, 5.74) is 6.70. The minimum absolute atomic E-state index is 0.0182. The van der Waals surface area contributed by atoms with Crippen LogP contribution in [0.3, 0.4) is 0 Å². The van der Waals surface area contributed by atoms with E-state index in [1.165, 1.54) is 0 Å². The highest BCUT2D eigenvalue weighted by atomic mass is 32.2. The van der Waals surface area contributed by atoms with Gasteiger partial charge in [0.05, 0.1) is 5.25 Å². The molecule has 4 nitrogen and oxygen atoms in total. The molecule has 5 heteroatoms. The van der Waals surface area contributed by atoms with Crippen LogP contribution < -0.4 is 5.73 Å². The fourth-order valence-electron chi connectivity index (χ4n) is 1.73. The molecule has 0 unspecified atom stereocenters. The monoisotopic (exact) mass is 285 g/mol. The minimum atomic E-state index is -3.53. The third kappa shape index (κ3) is 3.09. The van der Waals surface area contributed by atoms with E-state index >= 15 is 0 Å². The number of hydrogen-bond donors (Lipinski definition) is 2. The number of hydrogen-bond acceptors (Lipinski definition) is 4. The highest BCUT2D eigenvalue weighted by Crippen LogP contribution is 2.35. The van der Waals surface area contributed by atoms with Crippen LogP contribution in [0.1, 0.15) is 45.7 Å². The second-order valence-electron chi connectivity index (χ2n) is 6.03. The maximum absolute atomic E-state index is 12.3. The Balaban J connectivity index is 3.66. The number of benzene rings is 1. The van der Waals surface area contributed by atoms with Gasteiger partial charge in [-0.05, 0) is 30.9 Å². The van der Waals surface area contributed by atoms with Gasteiger partial charge in [0.1, 0.15) is 10.6 Å². The topological polar surface area (TPSA) is 80.4 Å². The standard InChI is InChI=1S/C14H23NO3S/c1-9(2)19(17,18)12-7-11(14(3,4)5)6-10(8-15)13(12)16/h6-7,9,16H,8,15H2,1-5H3. The lowest BCUT2D eigenvalue weighted by atomic mass is 9.86. The molecule has 0 aliphatic heterocycles. The molecule has 1 rings (SSSR count). The first-order chi connectivity index (χ1) is 8.51. The van der Waals surface area contributed by atoms with Gasteiger partial charge in [0.25, 0.3) is 0 Å². The maximum atomic E-state index is 12.3. The van der Waals surface area contributed by atoms with Gasteiger partial charge in [-0.15, -0.1) is 0 Å². The fraction of sp³-hybridized carbons (Fsp3) is 0.571. The summed E-state index contributed by atoms with van der Waals surface area (Å²) in [4.78, 5) is -0.0182. The summed E-state index contributed by atoms with van der Waals surface area (Å²) in [7, 11) is -3.53. The molecule has 0 aromatic heterocycles. The average Bonchev–Trinajstić information content (AvgIpc) is 2.27. The van der Waals surface area contributed by atoms with E-state index in [1.54, 1.807) is 26.0 Å². The molecule has 0 spiro atoms. The Hall–Kier alpha value is -1.07. The van der Waals surface area contributed by atoms with Crippen molar-refractivity contribution in [1.29, 1.82) is 0 Å². The molecule has 0 aliphatic carbocycles. The Morgan fingerprint density at radius 3 is 2.16 bits per heavy atom.